The molecule has 0 spiro atoms. The number of hydrogen-bond acceptors (Lipinski definition) is 7. The van der Waals surface area contributed by atoms with Gasteiger partial charge in [-0.3, -0.25) is 0 Å². The van der Waals surface area contributed by atoms with Crippen molar-refractivity contribution < 1.29 is 9.47 Å². The molecule has 1 aliphatic rings. The van der Waals surface area contributed by atoms with E-state index in [4.69, 9.17) is 19.4 Å². The third kappa shape index (κ3) is 5.66. The smallest absolute Gasteiger partial charge is 0.225 e. The number of aromatic nitrogens is 2. The van der Waals surface area contributed by atoms with Gasteiger partial charge in [0.1, 0.15) is 5.82 Å². The SMILES string of the molecule is CCOc1ccc(CNC2CCC(Nc3nc(N(C)C)c4ccccc4n3)CC2)cc1OC. The summed E-state index contributed by atoms with van der Waals surface area (Å²) in [7, 11) is 5.73. The van der Waals surface area contributed by atoms with E-state index < -0.39 is 0 Å². The van der Waals surface area contributed by atoms with Gasteiger partial charge in [0.25, 0.3) is 0 Å². The fourth-order valence-electron chi connectivity index (χ4n) is 4.45. The number of anilines is 2. The molecule has 2 aromatic carbocycles. The van der Waals surface area contributed by atoms with Crippen LogP contribution in [0.1, 0.15) is 38.2 Å². The van der Waals surface area contributed by atoms with E-state index in [0.717, 1.165) is 66.4 Å². The van der Waals surface area contributed by atoms with Crippen LogP contribution in [0.4, 0.5) is 11.8 Å². The number of methoxy groups -OCH3 is 1. The van der Waals surface area contributed by atoms with Gasteiger partial charge in [-0.2, -0.15) is 4.98 Å². The Kier molecular flexibility index (Phi) is 7.50. The largest absolute Gasteiger partial charge is 0.493 e. The van der Waals surface area contributed by atoms with Gasteiger partial charge in [-0.1, -0.05) is 18.2 Å². The van der Waals surface area contributed by atoms with Crippen LogP contribution in [-0.4, -0.2) is 49.9 Å². The number of rotatable bonds is 9. The van der Waals surface area contributed by atoms with Crippen LogP contribution >= 0.6 is 0 Å². The first-order valence-corrected chi connectivity index (χ1v) is 11.8. The molecule has 1 aliphatic carbocycles. The summed E-state index contributed by atoms with van der Waals surface area (Å²) in [4.78, 5) is 11.6. The van der Waals surface area contributed by atoms with Crippen molar-refractivity contribution in [3.63, 3.8) is 0 Å². The lowest BCUT2D eigenvalue weighted by atomic mass is 9.91. The van der Waals surface area contributed by atoms with E-state index >= 15 is 0 Å². The number of nitrogens with zero attached hydrogens (tertiary/aromatic N) is 3. The zero-order valence-corrected chi connectivity index (χ0v) is 20.1. The first-order valence-electron chi connectivity index (χ1n) is 11.8. The van der Waals surface area contributed by atoms with Crippen molar-refractivity contribution in [3.05, 3.63) is 48.0 Å². The third-order valence-electron chi connectivity index (χ3n) is 6.19. The summed E-state index contributed by atoms with van der Waals surface area (Å²) in [6.07, 6.45) is 4.44. The van der Waals surface area contributed by atoms with Crippen molar-refractivity contribution in [1.29, 1.82) is 0 Å². The van der Waals surface area contributed by atoms with E-state index in [2.05, 4.69) is 28.8 Å². The Balaban J connectivity index is 1.32. The normalized spacial score (nSPS) is 18.2. The molecule has 0 saturated heterocycles. The minimum Gasteiger partial charge on any atom is -0.493 e. The second kappa shape index (κ2) is 10.7. The molecule has 33 heavy (non-hydrogen) atoms. The molecule has 1 fully saturated rings. The number of ether oxygens (including phenoxy) is 2. The Hall–Kier alpha value is -3.06. The Morgan fingerprint density at radius 3 is 2.45 bits per heavy atom. The molecule has 7 heteroatoms. The van der Waals surface area contributed by atoms with E-state index in [9.17, 15) is 0 Å². The summed E-state index contributed by atoms with van der Waals surface area (Å²) in [6, 6.07) is 15.2. The van der Waals surface area contributed by atoms with Crippen LogP contribution in [0.2, 0.25) is 0 Å². The van der Waals surface area contributed by atoms with Crippen LogP contribution in [0.3, 0.4) is 0 Å². The van der Waals surface area contributed by atoms with Crippen LogP contribution in [0.25, 0.3) is 10.9 Å². The molecule has 4 rings (SSSR count). The maximum Gasteiger partial charge on any atom is 0.225 e. The van der Waals surface area contributed by atoms with Gasteiger partial charge in [0.05, 0.1) is 19.2 Å². The van der Waals surface area contributed by atoms with Crippen LogP contribution in [0.5, 0.6) is 11.5 Å². The van der Waals surface area contributed by atoms with Gasteiger partial charge in [0.15, 0.2) is 11.5 Å². The van der Waals surface area contributed by atoms with Crippen molar-refractivity contribution in [3.8, 4) is 11.5 Å². The molecule has 0 atom stereocenters. The van der Waals surface area contributed by atoms with Crippen molar-refractivity contribution >= 4 is 22.7 Å². The number of benzene rings is 2. The summed E-state index contributed by atoms with van der Waals surface area (Å²) in [5.74, 6) is 3.25. The highest BCUT2D eigenvalue weighted by atomic mass is 16.5. The molecule has 0 aliphatic heterocycles. The number of nitrogens with one attached hydrogen (secondary N) is 2. The van der Waals surface area contributed by atoms with Crippen LogP contribution in [0, 0.1) is 0 Å². The van der Waals surface area contributed by atoms with Gasteiger partial charge in [-0.15, -0.1) is 0 Å². The van der Waals surface area contributed by atoms with Gasteiger partial charge in [-0.05, 0) is 62.4 Å². The lowest BCUT2D eigenvalue weighted by Crippen LogP contribution is -2.37. The van der Waals surface area contributed by atoms with Gasteiger partial charge >= 0.3 is 0 Å². The summed E-state index contributed by atoms with van der Waals surface area (Å²) < 4.78 is 11.1. The zero-order chi connectivity index (χ0) is 23.2. The maximum atomic E-state index is 5.62. The maximum absolute atomic E-state index is 5.62. The molecule has 1 saturated carbocycles. The summed E-state index contributed by atoms with van der Waals surface area (Å²) >= 11 is 0. The molecule has 0 radical (unpaired) electrons. The molecule has 1 heterocycles. The van der Waals surface area contributed by atoms with Gasteiger partial charge in [-0.25, -0.2) is 4.98 Å². The highest BCUT2D eigenvalue weighted by molar-refractivity contribution is 5.90. The number of hydrogen-bond donors (Lipinski definition) is 2. The molecule has 0 bridgehead atoms. The molecule has 7 nitrogen and oxygen atoms in total. The van der Waals surface area contributed by atoms with Crippen molar-refractivity contribution in [1.82, 2.24) is 15.3 Å². The Bertz CT molecular complexity index is 1060. The topological polar surface area (TPSA) is 71.5 Å². The summed E-state index contributed by atoms with van der Waals surface area (Å²) in [6.45, 7) is 3.44. The monoisotopic (exact) mass is 449 g/mol. The average molecular weight is 450 g/mol. The quantitative estimate of drug-likeness (QED) is 0.494. The van der Waals surface area contributed by atoms with Gasteiger partial charge in [0.2, 0.25) is 5.95 Å². The highest BCUT2D eigenvalue weighted by Gasteiger charge is 2.22. The summed E-state index contributed by atoms with van der Waals surface area (Å²) in [5, 5.41) is 8.38. The molecule has 1 aromatic heterocycles. The van der Waals surface area contributed by atoms with Crippen molar-refractivity contribution in [2.24, 2.45) is 0 Å². The molecule has 0 unspecified atom stereocenters. The Labute approximate surface area is 196 Å². The predicted octanol–water partition coefficient (Wildman–Crippen LogP) is 4.62. The fraction of sp³-hybridized carbons (Fsp3) is 0.462. The van der Waals surface area contributed by atoms with E-state index in [1.165, 1.54) is 5.56 Å². The van der Waals surface area contributed by atoms with Crippen molar-refractivity contribution in [2.45, 2.75) is 51.2 Å². The zero-order valence-electron chi connectivity index (χ0n) is 20.1. The minimum absolute atomic E-state index is 0.393. The predicted molar refractivity (Wildman–Crippen MR) is 135 cm³/mol. The summed E-state index contributed by atoms with van der Waals surface area (Å²) in [5.41, 5.74) is 2.18. The molecular formula is C26H35N5O2. The molecule has 176 valence electrons. The van der Waals surface area contributed by atoms with E-state index in [1.54, 1.807) is 7.11 Å². The lowest BCUT2D eigenvalue weighted by molar-refractivity contribution is 0.310. The van der Waals surface area contributed by atoms with Gasteiger partial charge < -0.3 is 25.0 Å². The lowest BCUT2D eigenvalue weighted by Gasteiger charge is -2.30. The van der Waals surface area contributed by atoms with Crippen molar-refractivity contribution in [2.75, 3.05) is 38.0 Å². The minimum atomic E-state index is 0.393. The fourth-order valence-corrected chi connectivity index (χ4v) is 4.45. The molecule has 2 N–H and O–H groups in total. The van der Waals surface area contributed by atoms with Crippen LogP contribution < -0.4 is 25.0 Å². The van der Waals surface area contributed by atoms with Gasteiger partial charge in [0, 0.05) is 38.1 Å². The van der Waals surface area contributed by atoms with E-state index in [0.29, 0.717) is 18.7 Å². The third-order valence-corrected chi connectivity index (χ3v) is 6.19. The Morgan fingerprint density at radius 2 is 1.73 bits per heavy atom. The first-order chi connectivity index (χ1) is 16.1. The molecule has 0 amide bonds. The second-order valence-corrected chi connectivity index (χ2v) is 8.77. The van der Waals surface area contributed by atoms with Crippen LogP contribution in [-0.2, 0) is 6.54 Å². The second-order valence-electron chi connectivity index (χ2n) is 8.77. The molecular weight excluding hydrogens is 414 g/mol. The number of fused-ring (bicyclic) bond motifs is 1. The number of para-hydroxylation sites is 1. The highest BCUT2D eigenvalue weighted by Crippen LogP contribution is 2.29. The van der Waals surface area contributed by atoms with E-state index in [1.807, 2.05) is 50.2 Å². The first kappa shape index (κ1) is 23.1. The average Bonchev–Trinajstić information content (AvgIpc) is 2.84. The van der Waals surface area contributed by atoms with E-state index in [-0.39, 0.29) is 0 Å². The Morgan fingerprint density at radius 1 is 0.970 bits per heavy atom. The standard InChI is InChI=1S/C26H35N5O2/c1-5-33-23-15-10-18(16-24(23)32-4)17-27-19-11-13-20(14-12-19)28-26-29-22-9-7-6-8-21(22)25(30-26)31(2)3/h6-10,15-16,19-20,27H,5,11-14,17H2,1-4H3,(H,28,29,30). The van der Waals surface area contributed by atoms with Crippen LogP contribution in [0.15, 0.2) is 42.5 Å². The molecule has 3 aromatic rings.